The van der Waals surface area contributed by atoms with Crippen LogP contribution in [0.15, 0.2) is 0 Å². The van der Waals surface area contributed by atoms with Gasteiger partial charge in [-0.1, -0.05) is 13.8 Å². The van der Waals surface area contributed by atoms with E-state index in [2.05, 4.69) is 18.8 Å². The SMILES string of the molecule is CCc1nc(CC)n(C)c1CO. The average molecular weight is 168 g/mol. The molecule has 0 spiro atoms. The molecule has 0 aromatic carbocycles. The second-order valence-corrected chi connectivity index (χ2v) is 2.85. The van der Waals surface area contributed by atoms with E-state index in [1.165, 1.54) is 0 Å². The first kappa shape index (κ1) is 9.26. The van der Waals surface area contributed by atoms with Crippen LogP contribution in [0, 0.1) is 0 Å². The third kappa shape index (κ3) is 1.37. The van der Waals surface area contributed by atoms with Crippen LogP contribution in [-0.4, -0.2) is 14.7 Å². The van der Waals surface area contributed by atoms with Crippen molar-refractivity contribution in [1.82, 2.24) is 9.55 Å². The van der Waals surface area contributed by atoms with Gasteiger partial charge in [0.05, 0.1) is 18.0 Å². The van der Waals surface area contributed by atoms with Crippen LogP contribution in [0.5, 0.6) is 0 Å². The second kappa shape index (κ2) is 3.72. The van der Waals surface area contributed by atoms with Crippen LogP contribution in [0.25, 0.3) is 0 Å². The van der Waals surface area contributed by atoms with E-state index in [-0.39, 0.29) is 6.61 Å². The minimum atomic E-state index is 0.0900. The molecule has 0 radical (unpaired) electrons. The Morgan fingerprint density at radius 2 is 2.00 bits per heavy atom. The van der Waals surface area contributed by atoms with Gasteiger partial charge in [0.25, 0.3) is 0 Å². The highest BCUT2D eigenvalue weighted by atomic mass is 16.3. The lowest BCUT2D eigenvalue weighted by atomic mass is 10.3. The lowest BCUT2D eigenvalue weighted by Gasteiger charge is -2.01. The van der Waals surface area contributed by atoms with Gasteiger partial charge >= 0.3 is 0 Å². The van der Waals surface area contributed by atoms with Gasteiger partial charge in [-0.15, -0.1) is 0 Å². The molecule has 0 unspecified atom stereocenters. The highest BCUT2D eigenvalue weighted by Gasteiger charge is 2.10. The number of hydrogen-bond donors (Lipinski definition) is 1. The summed E-state index contributed by atoms with van der Waals surface area (Å²) in [4.78, 5) is 4.42. The summed E-state index contributed by atoms with van der Waals surface area (Å²) in [6, 6.07) is 0. The summed E-state index contributed by atoms with van der Waals surface area (Å²) in [5.74, 6) is 1.05. The zero-order valence-electron chi connectivity index (χ0n) is 7.96. The fourth-order valence-corrected chi connectivity index (χ4v) is 1.44. The molecular weight excluding hydrogens is 152 g/mol. The number of aliphatic hydroxyl groups is 1. The van der Waals surface area contributed by atoms with Crippen molar-refractivity contribution in [2.45, 2.75) is 33.3 Å². The zero-order valence-corrected chi connectivity index (χ0v) is 7.96. The third-order valence-electron chi connectivity index (χ3n) is 2.19. The molecule has 1 aromatic heterocycles. The molecule has 3 heteroatoms. The van der Waals surface area contributed by atoms with Crippen LogP contribution >= 0.6 is 0 Å². The fourth-order valence-electron chi connectivity index (χ4n) is 1.44. The lowest BCUT2D eigenvalue weighted by molar-refractivity contribution is 0.271. The number of imidazole rings is 1. The number of nitrogens with zero attached hydrogens (tertiary/aromatic N) is 2. The second-order valence-electron chi connectivity index (χ2n) is 2.85. The van der Waals surface area contributed by atoms with Crippen LogP contribution < -0.4 is 0 Å². The van der Waals surface area contributed by atoms with Crippen LogP contribution in [0.1, 0.15) is 31.1 Å². The molecule has 12 heavy (non-hydrogen) atoms. The van der Waals surface area contributed by atoms with Crippen molar-refractivity contribution in [1.29, 1.82) is 0 Å². The number of aromatic nitrogens is 2. The van der Waals surface area contributed by atoms with Crippen molar-refractivity contribution in [3.8, 4) is 0 Å². The molecule has 0 fully saturated rings. The molecule has 68 valence electrons. The molecule has 0 atom stereocenters. The Hall–Kier alpha value is -0.830. The summed E-state index contributed by atoms with van der Waals surface area (Å²) in [6.45, 7) is 4.22. The maximum atomic E-state index is 9.08. The topological polar surface area (TPSA) is 38.0 Å². The Kier molecular flexibility index (Phi) is 2.87. The van der Waals surface area contributed by atoms with Gasteiger partial charge in [0.15, 0.2) is 0 Å². The van der Waals surface area contributed by atoms with E-state index >= 15 is 0 Å². The van der Waals surface area contributed by atoms with Crippen molar-refractivity contribution in [3.63, 3.8) is 0 Å². The summed E-state index contributed by atoms with van der Waals surface area (Å²) in [5, 5.41) is 9.08. The molecule has 0 saturated carbocycles. The molecule has 1 aromatic rings. The first-order chi connectivity index (χ1) is 5.74. The maximum absolute atomic E-state index is 9.08. The fraction of sp³-hybridized carbons (Fsp3) is 0.667. The van der Waals surface area contributed by atoms with E-state index in [0.717, 1.165) is 30.1 Å². The van der Waals surface area contributed by atoms with Crippen molar-refractivity contribution in [3.05, 3.63) is 17.2 Å². The quantitative estimate of drug-likeness (QED) is 0.732. The average Bonchev–Trinajstić information content (AvgIpc) is 2.41. The van der Waals surface area contributed by atoms with Gasteiger partial charge in [-0.3, -0.25) is 0 Å². The molecule has 0 amide bonds. The highest BCUT2D eigenvalue weighted by Crippen LogP contribution is 2.11. The first-order valence-electron chi connectivity index (χ1n) is 4.38. The van der Waals surface area contributed by atoms with E-state index in [4.69, 9.17) is 5.11 Å². The predicted molar refractivity (Wildman–Crippen MR) is 47.9 cm³/mol. The molecule has 1 heterocycles. The Morgan fingerprint density at radius 1 is 1.33 bits per heavy atom. The molecule has 0 aliphatic heterocycles. The molecule has 0 aliphatic rings. The molecule has 0 aliphatic carbocycles. The van der Waals surface area contributed by atoms with E-state index in [1.54, 1.807) is 0 Å². The first-order valence-corrected chi connectivity index (χ1v) is 4.38. The van der Waals surface area contributed by atoms with E-state index < -0.39 is 0 Å². The van der Waals surface area contributed by atoms with E-state index in [9.17, 15) is 0 Å². The molecule has 0 bridgehead atoms. The molecule has 3 nitrogen and oxygen atoms in total. The monoisotopic (exact) mass is 168 g/mol. The van der Waals surface area contributed by atoms with Crippen LogP contribution in [-0.2, 0) is 26.5 Å². The van der Waals surface area contributed by atoms with E-state index in [1.807, 2.05) is 11.6 Å². The van der Waals surface area contributed by atoms with Gasteiger partial charge in [-0.05, 0) is 6.42 Å². The molecule has 1 N–H and O–H groups in total. The van der Waals surface area contributed by atoms with Gasteiger partial charge in [0, 0.05) is 13.5 Å². The number of aliphatic hydroxyl groups excluding tert-OH is 1. The normalized spacial score (nSPS) is 10.7. The molecular formula is C9H16N2O. The van der Waals surface area contributed by atoms with Crippen molar-refractivity contribution in [2.75, 3.05) is 0 Å². The smallest absolute Gasteiger partial charge is 0.108 e. The Labute approximate surface area is 73.1 Å². The van der Waals surface area contributed by atoms with Crippen LogP contribution in [0.3, 0.4) is 0 Å². The summed E-state index contributed by atoms with van der Waals surface area (Å²) in [5.41, 5.74) is 1.98. The van der Waals surface area contributed by atoms with Crippen LogP contribution in [0.4, 0.5) is 0 Å². The largest absolute Gasteiger partial charge is 0.390 e. The van der Waals surface area contributed by atoms with Gasteiger partial charge in [-0.2, -0.15) is 0 Å². The predicted octanol–water partition coefficient (Wildman–Crippen LogP) is 1.04. The van der Waals surface area contributed by atoms with Crippen LogP contribution in [0.2, 0.25) is 0 Å². The third-order valence-corrected chi connectivity index (χ3v) is 2.19. The summed E-state index contributed by atoms with van der Waals surface area (Å²) in [6.07, 6.45) is 1.81. The number of aryl methyl sites for hydroxylation is 2. The van der Waals surface area contributed by atoms with Crippen molar-refractivity contribution in [2.24, 2.45) is 7.05 Å². The van der Waals surface area contributed by atoms with Gasteiger partial charge in [-0.25, -0.2) is 4.98 Å². The minimum Gasteiger partial charge on any atom is -0.390 e. The van der Waals surface area contributed by atoms with Gasteiger partial charge in [0.2, 0.25) is 0 Å². The zero-order chi connectivity index (χ0) is 9.14. The minimum absolute atomic E-state index is 0.0900. The summed E-state index contributed by atoms with van der Waals surface area (Å²) in [7, 11) is 1.95. The van der Waals surface area contributed by atoms with E-state index in [0.29, 0.717) is 0 Å². The number of hydrogen-bond acceptors (Lipinski definition) is 2. The Bertz CT molecular complexity index is 266. The highest BCUT2D eigenvalue weighted by molar-refractivity contribution is 5.16. The maximum Gasteiger partial charge on any atom is 0.108 e. The molecule has 1 rings (SSSR count). The molecule has 0 saturated heterocycles. The van der Waals surface area contributed by atoms with Gasteiger partial charge in [0.1, 0.15) is 5.82 Å². The summed E-state index contributed by atoms with van der Waals surface area (Å²) < 4.78 is 1.98. The van der Waals surface area contributed by atoms with Gasteiger partial charge < -0.3 is 9.67 Å². The summed E-state index contributed by atoms with van der Waals surface area (Å²) >= 11 is 0. The Balaban J connectivity index is 3.13. The van der Waals surface area contributed by atoms with Crippen molar-refractivity contribution >= 4 is 0 Å². The van der Waals surface area contributed by atoms with Crippen molar-refractivity contribution < 1.29 is 5.11 Å². The lowest BCUT2D eigenvalue weighted by Crippen LogP contribution is -2.01. The Morgan fingerprint density at radius 3 is 2.33 bits per heavy atom. The standard InChI is InChI=1S/C9H16N2O/c1-4-7-8(6-12)11(3)9(5-2)10-7/h12H,4-6H2,1-3H3. The number of rotatable bonds is 3.